The van der Waals surface area contributed by atoms with Gasteiger partial charge < -0.3 is 9.64 Å². The smallest absolute Gasteiger partial charge is 0.227 e. The van der Waals surface area contributed by atoms with Crippen molar-refractivity contribution in [2.24, 2.45) is 0 Å². The number of aromatic nitrogens is 1. The quantitative estimate of drug-likeness (QED) is 0.606. The molecule has 2 aromatic carbocycles. The number of amides is 1. The number of carbonyl (C=O) groups is 1. The number of pyridine rings is 1. The highest BCUT2D eigenvalue weighted by Crippen LogP contribution is 2.27. The Morgan fingerprint density at radius 1 is 1.03 bits per heavy atom. The molecule has 0 aliphatic carbocycles. The second-order valence-corrected chi connectivity index (χ2v) is 7.92. The van der Waals surface area contributed by atoms with Gasteiger partial charge in [0.25, 0.3) is 0 Å². The monoisotopic (exact) mass is 400 g/mol. The van der Waals surface area contributed by atoms with E-state index in [-0.39, 0.29) is 5.91 Å². The van der Waals surface area contributed by atoms with E-state index in [1.54, 1.807) is 7.11 Å². The first-order valence-electron chi connectivity index (χ1n) is 10.6. The molecule has 3 aromatic rings. The Bertz CT molecular complexity index is 987. The zero-order valence-electron chi connectivity index (χ0n) is 17.5. The minimum Gasteiger partial charge on any atom is -0.497 e. The molecule has 154 valence electrons. The van der Waals surface area contributed by atoms with Crippen molar-refractivity contribution in [3.05, 3.63) is 95.3 Å². The molecule has 1 aromatic heterocycles. The summed E-state index contributed by atoms with van der Waals surface area (Å²) in [6.07, 6.45) is 3.34. The Labute approximate surface area is 178 Å². The first kappa shape index (κ1) is 20.1. The fourth-order valence-electron chi connectivity index (χ4n) is 4.14. The molecule has 1 amide bonds. The first-order chi connectivity index (χ1) is 14.7. The number of nitrogens with zero attached hydrogens (tertiary/aromatic N) is 2. The molecule has 0 spiro atoms. The third-order valence-corrected chi connectivity index (χ3v) is 5.74. The van der Waals surface area contributed by atoms with Gasteiger partial charge in [-0.2, -0.15) is 0 Å². The lowest BCUT2D eigenvalue weighted by molar-refractivity contribution is -0.131. The highest BCUT2D eigenvalue weighted by molar-refractivity contribution is 5.79. The van der Waals surface area contributed by atoms with Gasteiger partial charge in [0.05, 0.1) is 13.5 Å². The molecule has 4 nitrogen and oxygen atoms in total. The van der Waals surface area contributed by atoms with Crippen LogP contribution in [0.4, 0.5) is 0 Å². The van der Waals surface area contributed by atoms with Crippen LogP contribution in [0.15, 0.2) is 72.8 Å². The van der Waals surface area contributed by atoms with Crippen LogP contribution in [0.2, 0.25) is 0 Å². The van der Waals surface area contributed by atoms with E-state index >= 15 is 0 Å². The number of ether oxygens (including phenoxy) is 1. The number of piperidine rings is 1. The maximum absolute atomic E-state index is 12.8. The summed E-state index contributed by atoms with van der Waals surface area (Å²) >= 11 is 0. The molecular weight excluding hydrogens is 372 g/mol. The van der Waals surface area contributed by atoms with Gasteiger partial charge in [-0.25, -0.2) is 0 Å². The molecule has 1 fully saturated rings. The molecule has 1 aliphatic heterocycles. The van der Waals surface area contributed by atoms with Crippen LogP contribution in [0, 0.1) is 0 Å². The zero-order chi connectivity index (χ0) is 20.8. The average molecular weight is 401 g/mol. The predicted molar refractivity (Wildman–Crippen MR) is 119 cm³/mol. The van der Waals surface area contributed by atoms with Gasteiger partial charge in [-0.1, -0.05) is 48.5 Å². The van der Waals surface area contributed by atoms with E-state index in [9.17, 15) is 4.79 Å². The zero-order valence-corrected chi connectivity index (χ0v) is 17.5. The lowest BCUT2D eigenvalue weighted by Crippen LogP contribution is -2.40. The summed E-state index contributed by atoms with van der Waals surface area (Å²) in [5, 5.41) is 0. The minimum absolute atomic E-state index is 0.207. The standard InChI is InChI=1S/C26H28N2O2/c1-30-24-13-5-10-21(17-24)16-23-12-6-14-25(27-23)22-11-7-15-28(19-22)26(29)18-20-8-3-2-4-9-20/h2-6,8-10,12-14,17,22H,7,11,15-16,18-19H2,1H3/t22-/m1/s1. The van der Waals surface area contributed by atoms with Crippen LogP contribution >= 0.6 is 0 Å². The molecule has 2 heterocycles. The van der Waals surface area contributed by atoms with Crippen molar-refractivity contribution >= 4 is 5.91 Å². The second-order valence-electron chi connectivity index (χ2n) is 7.92. The van der Waals surface area contributed by atoms with Gasteiger partial charge in [0.1, 0.15) is 5.75 Å². The van der Waals surface area contributed by atoms with Crippen LogP contribution < -0.4 is 4.74 Å². The van der Waals surface area contributed by atoms with Crippen molar-refractivity contribution in [2.45, 2.75) is 31.6 Å². The first-order valence-corrected chi connectivity index (χ1v) is 10.6. The summed E-state index contributed by atoms with van der Waals surface area (Å²) in [6, 6.07) is 24.4. The van der Waals surface area contributed by atoms with E-state index in [1.807, 2.05) is 47.4 Å². The van der Waals surface area contributed by atoms with Crippen molar-refractivity contribution in [3.8, 4) is 5.75 Å². The maximum atomic E-state index is 12.8. The van der Waals surface area contributed by atoms with Crippen molar-refractivity contribution in [2.75, 3.05) is 20.2 Å². The third-order valence-electron chi connectivity index (χ3n) is 5.74. The molecule has 0 N–H and O–H groups in total. The molecule has 1 aliphatic rings. The van der Waals surface area contributed by atoms with E-state index < -0.39 is 0 Å². The minimum atomic E-state index is 0.207. The van der Waals surface area contributed by atoms with Gasteiger partial charge in [0.15, 0.2) is 0 Å². The van der Waals surface area contributed by atoms with Gasteiger partial charge in [-0.05, 0) is 48.2 Å². The topological polar surface area (TPSA) is 42.4 Å². The Morgan fingerprint density at radius 3 is 2.67 bits per heavy atom. The normalized spacial score (nSPS) is 16.3. The Kier molecular flexibility index (Phi) is 6.43. The molecule has 30 heavy (non-hydrogen) atoms. The summed E-state index contributed by atoms with van der Waals surface area (Å²) in [5.41, 5.74) is 4.39. The van der Waals surface area contributed by atoms with Gasteiger partial charge >= 0.3 is 0 Å². The van der Waals surface area contributed by atoms with E-state index in [0.717, 1.165) is 55.1 Å². The SMILES string of the molecule is COc1cccc(Cc2cccc([C@@H]3CCCN(C(=O)Cc4ccccc4)C3)n2)c1. The Hall–Kier alpha value is -3.14. The molecule has 1 atom stereocenters. The van der Waals surface area contributed by atoms with Crippen LogP contribution in [0.5, 0.6) is 5.75 Å². The molecule has 0 saturated carbocycles. The number of methoxy groups -OCH3 is 1. The molecule has 0 radical (unpaired) electrons. The lowest BCUT2D eigenvalue weighted by Gasteiger charge is -2.32. The molecule has 0 bridgehead atoms. The van der Waals surface area contributed by atoms with E-state index in [4.69, 9.17) is 9.72 Å². The van der Waals surface area contributed by atoms with Gasteiger partial charge in [0, 0.05) is 36.8 Å². The van der Waals surface area contributed by atoms with Gasteiger partial charge in [0.2, 0.25) is 5.91 Å². The largest absolute Gasteiger partial charge is 0.497 e. The van der Waals surface area contributed by atoms with Gasteiger partial charge in [-0.3, -0.25) is 9.78 Å². The van der Waals surface area contributed by atoms with Crippen molar-refractivity contribution in [3.63, 3.8) is 0 Å². The Balaban J connectivity index is 1.43. The van der Waals surface area contributed by atoms with E-state index in [1.165, 1.54) is 5.56 Å². The number of rotatable bonds is 6. The molecular formula is C26H28N2O2. The molecule has 1 saturated heterocycles. The molecule has 4 rings (SSSR count). The summed E-state index contributed by atoms with van der Waals surface area (Å²) in [6.45, 7) is 1.59. The fraction of sp³-hybridized carbons (Fsp3) is 0.308. The number of hydrogen-bond acceptors (Lipinski definition) is 3. The number of carbonyl (C=O) groups excluding carboxylic acids is 1. The lowest BCUT2D eigenvalue weighted by atomic mass is 9.93. The van der Waals surface area contributed by atoms with Crippen molar-refractivity contribution < 1.29 is 9.53 Å². The van der Waals surface area contributed by atoms with Crippen molar-refractivity contribution in [1.29, 1.82) is 0 Å². The Morgan fingerprint density at radius 2 is 1.83 bits per heavy atom. The van der Waals surface area contributed by atoms with Crippen LogP contribution in [0.25, 0.3) is 0 Å². The average Bonchev–Trinajstić information content (AvgIpc) is 2.80. The summed E-state index contributed by atoms with van der Waals surface area (Å²) < 4.78 is 5.33. The predicted octanol–water partition coefficient (Wildman–Crippen LogP) is 4.63. The maximum Gasteiger partial charge on any atom is 0.227 e. The number of likely N-dealkylation sites (tertiary alicyclic amines) is 1. The van der Waals surface area contributed by atoms with Crippen LogP contribution in [0.1, 0.15) is 41.3 Å². The third kappa shape index (κ3) is 5.07. The van der Waals surface area contributed by atoms with Crippen LogP contribution in [0.3, 0.4) is 0 Å². The highest BCUT2D eigenvalue weighted by atomic mass is 16.5. The summed E-state index contributed by atoms with van der Waals surface area (Å²) in [5.74, 6) is 1.37. The molecule has 0 unspecified atom stereocenters. The summed E-state index contributed by atoms with van der Waals surface area (Å²) in [7, 11) is 1.69. The van der Waals surface area contributed by atoms with E-state index in [2.05, 4.69) is 30.3 Å². The molecule has 4 heteroatoms. The van der Waals surface area contributed by atoms with Crippen molar-refractivity contribution in [1.82, 2.24) is 9.88 Å². The number of benzene rings is 2. The number of hydrogen-bond donors (Lipinski definition) is 0. The highest BCUT2D eigenvalue weighted by Gasteiger charge is 2.25. The fourth-order valence-corrected chi connectivity index (χ4v) is 4.14. The van der Waals surface area contributed by atoms with Crippen LogP contribution in [-0.4, -0.2) is 36.0 Å². The van der Waals surface area contributed by atoms with E-state index in [0.29, 0.717) is 12.3 Å². The summed E-state index contributed by atoms with van der Waals surface area (Å²) in [4.78, 5) is 19.8. The second kappa shape index (κ2) is 9.57. The van der Waals surface area contributed by atoms with Crippen LogP contribution in [-0.2, 0) is 17.6 Å². The van der Waals surface area contributed by atoms with Gasteiger partial charge in [-0.15, -0.1) is 0 Å².